The van der Waals surface area contributed by atoms with Gasteiger partial charge in [-0.3, -0.25) is 4.79 Å². The molecule has 1 saturated heterocycles. The number of hydrogen-bond acceptors (Lipinski definition) is 4. The lowest BCUT2D eigenvalue weighted by molar-refractivity contribution is 0.0851. The molecule has 0 aliphatic carbocycles. The molecule has 2 aliphatic heterocycles. The average molecular weight is 402 g/mol. The normalized spacial score (nSPS) is 17.2. The van der Waals surface area contributed by atoms with Crippen molar-refractivity contribution in [3.05, 3.63) is 53.6 Å². The standard InChI is InChI=1S/C20H20F2N4O3/c1-29-17-5-3-2-4-15(17)23-19(28)26-8-6-20(7-9-26)24-16-11-14(22)13(21)10-12(16)18(27)25-20/h2-5,10-11,24H,6-9H2,1H3,(H,23,28)(H,25,27). The Hall–Kier alpha value is -3.36. The Morgan fingerprint density at radius 3 is 2.55 bits per heavy atom. The van der Waals surface area contributed by atoms with Crippen LogP contribution in [0.15, 0.2) is 36.4 Å². The monoisotopic (exact) mass is 402 g/mol. The van der Waals surface area contributed by atoms with Gasteiger partial charge in [0.2, 0.25) is 0 Å². The van der Waals surface area contributed by atoms with E-state index in [0.29, 0.717) is 37.4 Å². The molecular formula is C20H20F2N4O3. The molecule has 2 heterocycles. The summed E-state index contributed by atoms with van der Waals surface area (Å²) in [5.41, 5.74) is 0.0662. The number of carbonyl (C=O) groups is 2. The number of fused-ring (bicyclic) bond motifs is 1. The molecule has 7 nitrogen and oxygen atoms in total. The predicted octanol–water partition coefficient (Wildman–Crippen LogP) is 3.15. The fourth-order valence-electron chi connectivity index (χ4n) is 3.70. The van der Waals surface area contributed by atoms with Crippen molar-refractivity contribution in [3.63, 3.8) is 0 Å². The van der Waals surface area contributed by atoms with Crippen molar-refractivity contribution in [2.45, 2.75) is 18.5 Å². The van der Waals surface area contributed by atoms with Crippen LogP contribution in [0.4, 0.5) is 25.0 Å². The van der Waals surface area contributed by atoms with E-state index < -0.39 is 23.2 Å². The number of piperidine rings is 1. The van der Waals surface area contributed by atoms with Gasteiger partial charge in [-0.25, -0.2) is 13.6 Å². The maximum Gasteiger partial charge on any atom is 0.321 e. The third-order valence-corrected chi connectivity index (χ3v) is 5.28. The number of benzene rings is 2. The van der Waals surface area contributed by atoms with Gasteiger partial charge in [0.25, 0.3) is 5.91 Å². The van der Waals surface area contributed by atoms with Crippen LogP contribution in [0.5, 0.6) is 5.75 Å². The van der Waals surface area contributed by atoms with Crippen molar-refractivity contribution in [2.75, 3.05) is 30.8 Å². The van der Waals surface area contributed by atoms with E-state index in [2.05, 4.69) is 16.0 Å². The van der Waals surface area contributed by atoms with Crippen LogP contribution in [-0.2, 0) is 0 Å². The zero-order valence-corrected chi connectivity index (χ0v) is 15.7. The second-order valence-electron chi connectivity index (χ2n) is 7.09. The molecule has 2 aliphatic rings. The van der Waals surface area contributed by atoms with Crippen LogP contribution in [0.2, 0.25) is 0 Å². The molecule has 2 aromatic carbocycles. The molecule has 0 aromatic heterocycles. The van der Waals surface area contributed by atoms with E-state index in [4.69, 9.17) is 4.74 Å². The fraction of sp³-hybridized carbons (Fsp3) is 0.300. The number of hydrogen-bond donors (Lipinski definition) is 3. The topological polar surface area (TPSA) is 82.7 Å². The zero-order chi connectivity index (χ0) is 20.6. The SMILES string of the molecule is COc1ccccc1NC(=O)N1CCC2(CC1)NC(=O)c1cc(F)c(F)cc1N2. The maximum atomic E-state index is 13.6. The highest BCUT2D eigenvalue weighted by atomic mass is 19.2. The van der Waals surface area contributed by atoms with Crippen molar-refractivity contribution in [2.24, 2.45) is 0 Å². The van der Waals surface area contributed by atoms with E-state index in [9.17, 15) is 18.4 Å². The summed E-state index contributed by atoms with van der Waals surface area (Å²) in [6, 6.07) is 8.70. The molecule has 0 bridgehead atoms. The number of anilines is 2. The molecule has 1 spiro atoms. The van der Waals surface area contributed by atoms with Gasteiger partial charge in [0.1, 0.15) is 11.4 Å². The molecule has 0 unspecified atom stereocenters. The number of nitrogens with one attached hydrogen (secondary N) is 3. The van der Waals surface area contributed by atoms with E-state index in [0.717, 1.165) is 12.1 Å². The molecule has 3 amide bonds. The number of rotatable bonds is 2. The maximum absolute atomic E-state index is 13.6. The smallest absolute Gasteiger partial charge is 0.321 e. The first-order chi connectivity index (χ1) is 13.9. The van der Waals surface area contributed by atoms with Gasteiger partial charge >= 0.3 is 6.03 Å². The molecule has 1 fully saturated rings. The van der Waals surface area contributed by atoms with Crippen molar-refractivity contribution >= 4 is 23.3 Å². The predicted molar refractivity (Wildman–Crippen MR) is 103 cm³/mol. The van der Waals surface area contributed by atoms with Gasteiger partial charge in [0, 0.05) is 32.0 Å². The Labute approximate surface area is 166 Å². The lowest BCUT2D eigenvalue weighted by Gasteiger charge is -2.45. The molecule has 0 saturated carbocycles. The largest absolute Gasteiger partial charge is 0.495 e. The summed E-state index contributed by atoms with van der Waals surface area (Å²) in [5, 5.41) is 8.79. The van der Waals surface area contributed by atoms with E-state index >= 15 is 0 Å². The summed E-state index contributed by atoms with van der Waals surface area (Å²) in [4.78, 5) is 26.6. The summed E-state index contributed by atoms with van der Waals surface area (Å²) >= 11 is 0. The van der Waals surface area contributed by atoms with Crippen LogP contribution < -0.4 is 20.7 Å². The molecule has 152 valence electrons. The first kappa shape index (κ1) is 19.0. The van der Waals surface area contributed by atoms with Gasteiger partial charge in [-0.1, -0.05) is 12.1 Å². The number of carbonyl (C=O) groups excluding carboxylic acids is 2. The molecular weight excluding hydrogens is 382 g/mol. The Morgan fingerprint density at radius 1 is 1.14 bits per heavy atom. The van der Waals surface area contributed by atoms with E-state index in [1.165, 1.54) is 7.11 Å². The van der Waals surface area contributed by atoms with Crippen LogP contribution in [0.25, 0.3) is 0 Å². The highest BCUT2D eigenvalue weighted by molar-refractivity contribution is 6.02. The Morgan fingerprint density at radius 2 is 1.83 bits per heavy atom. The van der Waals surface area contributed by atoms with Crippen molar-refractivity contribution in [3.8, 4) is 5.75 Å². The van der Waals surface area contributed by atoms with Crippen molar-refractivity contribution in [1.29, 1.82) is 0 Å². The highest BCUT2D eigenvalue weighted by Gasteiger charge is 2.41. The van der Waals surface area contributed by atoms with Gasteiger partial charge in [-0.05, 0) is 18.2 Å². The molecule has 2 aromatic rings. The molecule has 9 heteroatoms. The van der Waals surface area contributed by atoms with Crippen LogP contribution in [-0.4, -0.2) is 42.7 Å². The minimum atomic E-state index is -1.07. The van der Waals surface area contributed by atoms with Crippen molar-refractivity contribution < 1.29 is 23.1 Å². The summed E-state index contributed by atoms with van der Waals surface area (Å²) in [6.45, 7) is 0.737. The van der Waals surface area contributed by atoms with Crippen LogP contribution in [0, 0.1) is 11.6 Å². The number of amides is 3. The number of urea groups is 1. The number of likely N-dealkylation sites (tertiary alicyclic amines) is 1. The number of methoxy groups -OCH3 is 1. The van der Waals surface area contributed by atoms with Crippen LogP contribution >= 0.6 is 0 Å². The summed E-state index contributed by atoms with van der Waals surface area (Å²) in [6.07, 6.45) is 0.826. The summed E-state index contributed by atoms with van der Waals surface area (Å²) < 4.78 is 32.3. The van der Waals surface area contributed by atoms with Crippen molar-refractivity contribution in [1.82, 2.24) is 10.2 Å². The average Bonchev–Trinajstić information content (AvgIpc) is 2.70. The van der Waals surface area contributed by atoms with Gasteiger partial charge in [-0.15, -0.1) is 0 Å². The Balaban J connectivity index is 1.44. The third kappa shape index (κ3) is 3.55. The number of para-hydroxylation sites is 2. The van der Waals surface area contributed by atoms with Crippen LogP contribution in [0.3, 0.4) is 0 Å². The molecule has 4 rings (SSSR count). The van der Waals surface area contributed by atoms with Crippen LogP contribution in [0.1, 0.15) is 23.2 Å². The molecule has 29 heavy (non-hydrogen) atoms. The first-order valence-corrected chi connectivity index (χ1v) is 9.19. The highest BCUT2D eigenvalue weighted by Crippen LogP contribution is 2.33. The zero-order valence-electron chi connectivity index (χ0n) is 15.7. The van der Waals surface area contributed by atoms with E-state index in [-0.39, 0.29) is 17.3 Å². The minimum Gasteiger partial charge on any atom is -0.495 e. The first-order valence-electron chi connectivity index (χ1n) is 9.19. The lowest BCUT2D eigenvalue weighted by Crippen LogP contribution is -2.63. The van der Waals surface area contributed by atoms with E-state index in [1.807, 2.05) is 6.07 Å². The Kier molecular flexibility index (Phi) is 4.73. The van der Waals surface area contributed by atoms with Gasteiger partial charge in [-0.2, -0.15) is 0 Å². The molecule has 0 radical (unpaired) electrons. The minimum absolute atomic E-state index is 0.0610. The third-order valence-electron chi connectivity index (χ3n) is 5.28. The number of halogens is 2. The fourth-order valence-corrected chi connectivity index (χ4v) is 3.70. The lowest BCUT2D eigenvalue weighted by atomic mass is 9.92. The second-order valence-corrected chi connectivity index (χ2v) is 7.09. The van der Waals surface area contributed by atoms with Gasteiger partial charge in [0.05, 0.1) is 24.0 Å². The summed E-state index contributed by atoms with van der Waals surface area (Å²) in [5.74, 6) is -2.00. The van der Waals surface area contributed by atoms with E-state index in [1.54, 1.807) is 23.1 Å². The number of nitrogens with zero attached hydrogens (tertiary/aromatic N) is 1. The van der Waals surface area contributed by atoms with Gasteiger partial charge < -0.3 is 25.6 Å². The molecule has 3 N–H and O–H groups in total. The Bertz CT molecular complexity index is 974. The quantitative estimate of drug-likeness (QED) is 0.721. The second kappa shape index (κ2) is 7.23. The number of ether oxygens (including phenoxy) is 1. The van der Waals surface area contributed by atoms with Gasteiger partial charge in [0.15, 0.2) is 11.6 Å². The molecule has 0 atom stereocenters. The summed E-state index contributed by atoms with van der Waals surface area (Å²) in [7, 11) is 1.53.